The van der Waals surface area contributed by atoms with E-state index in [4.69, 9.17) is 0 Å². The van der Waals surface area contributed by atoms with Gasteiger partial charge in [-0.25, -0.2) is 9.37 Å². The number of thiazole rings is 1. The topological polar surface area (TPSA) is 45.1 Å². The summed E-state index contributed by atoms with van der Waals surface area (Å²) < 4.78 is 12.9. The van der Waals surface area contributed by atoms with Gasteiger partial charge in [0.1, 0.15) is 5.82 Å². The smallest absolute Gasteiger partial charge is 0.123 e. The standard InChI is InChI=1S/C17H21FN2OS/c1-11(8-16(21)12-4-6-14(18)7-5-12)19-9-15-10-22-17(20-15)13-2-3-13/h4-7,10-11,13,16,19,21H,2-3,8-9H2,1H3. The van der Waals surface area contributed by atoms with Gasteiger partial charge < -0.3 is 10.4 Å². The van der Waals surface area contributed by atoms with E-state index in [0.717, 1.165) is 17.8 Å². The molecular weight excluding hydrogens is 299 g/mol. The molecule has 2 unspecified atom stereocenters. The van der Waals surface area contributed by atoms with E-state index in [-0.39, 0.29) is 11.9 Å². The lowest BCUT2D eigenvalue weighted by Crippen LogP contribution is -2.27. The Morgan fingerprint density at radius 1 is 1.36 bits per heavy atom. The van der Waals surface area contributed by atoms with Crippen molar-refractivity contribution in [2.75, 3.05) is 0 Å². The second-order valence-corrected chi connectivity index (χ2v) is 6.93. The van der Waals surface area contributed by atoms with Gasteiger partial charge in [0.2, 0.25) is 0 Å². The zero-order valence-corrected chi connectivity index (χ0v) is 13.4. The number of aliphatic hydroxyl groups excluding tert-OH is 1. The van der Waals surface area contributed by atoms with Gasteiger partial charge in [-0.05, 0) is 43.9 Å². The molecule has 0 amide bonds. The Hall–Kier alpha value is -1.30. The van der Waals surface area contributed by atoms with E-state index < -0.39 is 6.10 Å². The second kappa shape index (κ2) is 6.86. The SMILES string of the molecule is CC(CC(O)c1ccc(F)cc1)NCc1csc(C2CC2)n1. The summed E-state index contributed by atoms with van der Waals surface area (Å²) in [7, 11) is 0. The summed E-state index contributed by atoms with van der Waals surface area (Å²) >= 11 is 1.75. The number of nitrogens with one attached hydrogen (secondary N) is 1. The lowest BCUT2D eigenvalue weighted by Gasteiger charge is -2.17. The number of rotatable bonds is 7. The zero-order chi connectivity index (χ0) is 15.5. The molecule has 1 fully saturated rings. The van der Waals surface area contributed by atoms with E-state index in [1.165, 1.54) is 30.0 Å². The highest BCUT2D eigenvalue weighted by Gasteiger charge is 2.26. The Bertz CT molecular complexity index is 609. The van der Waals surface area contributed by atoms with Crippen LogP contribution in [0.4, 0.5) is 4.39 Å². The minimum absolute atomic E-state index is 0.158. The van der Waals surface area contributed by atoms with Gasteiger partial charge in [-0.3, -0.25) is 0 Å². The lowest BCUT2D eigenvalue weighted by molar-refractivity contribution is 0.153. The molecule has 118 valence electrons. The molecule has 2 N–H and O–H groups in total. The molecular formula is C17H21FN2OS. The van der Waals surface area contributed by atoms with E-state index in [9.17, 15) is 9.50 Å². The first-order valence-corrected chi connectivity index (χ1v) is 8.61. The Kier molecular flexibility index (Phi) is 4.86. The van der Waals surface area contributed by atoms with Crippen molar-refractivity contribution in [1.29, 1.82) is 0 Å². The number of hydrogen-bond acceptors (Lipinski definition) is 4. The summed E-state index contributed by atoms with van der Waals surface area (Å²) in [6.45, 7) is 2.77. The summed E-state index contributed by atoms with van der Waals surface area (Å²) in [4.78, 5) is 4.64. The van der Waals surface area contributed by atoms with Gasteiger partial charge in [0.05, 0.1) is 16.8 Å². The predicted octanol–water partition coefficient (Wildman–Crippen LogP) is 3.76. The molecule has 0 aliphatic heterocycles. The van der Waals surface area contributed by atoms with Crippen LogP contribution in [0.15, 0.2) is 29.6 Å². The molecule has 1 saturated carbocycles. The quantitative estimate of drug-likeness (QED) is 0.816. The summed E-state index contributed by atoms with van der Waals surface area (Å²) in [6, 6.07) is 6.19. The van der Waals surface area contributed by atoms with Crippen LogP contribution in [0.1, 0.15) is 54.5 Å². The van der Waals surface area contributed by atoms with Crippen molar-refractivity contribution < 1.29 is 9.50 Å². The third-order valence-electron chi connectivity index (χ3n) is 3.96. The molecule has 1 aromatic carbocycles. The molecule has 0 bridgehead atoms. The number of aromatic nitrogens is 1. The average molecular weight is 320 g/mol. The Morgan fingerprint density at radius 2 is 2.09 bits per heavy atom. The van der Waals surface area contributed by atoms with Crippen LogP contribution in [-0.4, -0.2) is 16.1 Å². The van der Waals surface area contributed by atoms with Gasteiger partial charge in [-0.1, -0.05) is 12.1 Å². The van der Waals surface area contributed by atoms with E-state index in [0.29, 0.717) is 12.3 Å². The normalized spacial score (nSPS) is 17.4. The van der Waals surface area contributed by atoms with Crippen LogP contribution in [0.2, 0.25) is 0 Å². The van der Waals surface area contributed by atoms with Crippen molar-refractivity contribution in [2.45, 2.75) is 50.8 Å². The van der Waals surface area contributed by atoms with Gasteiger partial charge in [0.25, 0.3) is 0 Å². The molecule has 22 heavy (non-hydrogen) atoms. The first-order valence-electron chi connectivity index (χ1n) is 7.73. The molecule has 1 aliphatic carbocycles. The monoisotopic (exact) mass is 320 g/mol. The Balaban J connectivity index is 1.46. The number of benzene rings is 1. The van der Waals surface area contributed by atoms with Crippen LogP contribution in [0, 0.1) is 5.82 Å². The fraction of sp³-hybridized carbons (Fsp3) is 0.471. The van der Waals surface area contributed by atoms with E-state index >= 15 is 0 Å². The van der Waals surface area contributed by atoms with Crippen molar-refractivity contribution in [1.82, 2.24) is 10.3 Å². The fourth-order valence-corrected chi connectivity index (χ4v) is 3.43. The molecule has 0 radical (unpaired) electrons. The van der Waals surface area contributed by atoms with E-state index in [1.54, 1.807) is 23.5 Å². The zero-order valence-electron chi connectivity index (χ0n) is 12.6. The number of halogens is 1. The van der Waals surface area contributed by atoms with Crippen LogP contribution in [-0.2, 0) is 6.54 Å². The molecule has 0 saturated heterocycles. The minimum atomic E-state index is -0.583. The first-order chi connectivity index (χ1) is 10.6. The summed E-state index contributed by atoms with van der Waals surface area (Å²) in [5, 5.41) is 17.0. The molecule has 0 spiro atoms. The van der Waals surface area contributed by atoms with Crippen molar-refractivity contribution in [3.8, 4) is 0 Å². The van der Waals surface area contributed by atoms with Crippen LogP contribution in [0.25, 0.3) is 0 Å². The van der Waals surface area contributed by atoms with Crippen LogP contribution in [0.5, 0.6) is 0 Å². The van der Waals surface area contributed by atoms with Crippen molar-refractivity contribution in [3.05, 3.63) is 51.7 Å². The maximum atomic E-state index is 12.9. The molecule has 2 atom stereocenters. The highest BCUT2D eigenvalue weighted by atomic mass is 32.1. The van der Waals surface area contributed by atoms with Crippen molar-refractivity contribution >= 4 is 11.3 Å². The predicted molar refractivity (Wildman–Crippen MR) is 86.4 cm³/mol. The summed E-state index contributed by atoms with van der Waals surface area (Å²) in [5.41, 5.74) is 1.83. The number of aliphatic hydroxyl groups is 1. The summed E-state index contributed by atoms with van der Waals surface area (Å²) in [6.07, 6.45) is 2.56. The Morgan fingerprint density at radius 3 is 2.77 bits per heavy atom. The highest BCUT2D eigenvalue weighted by Crippen LogP contribution is 2.41. The van der Waals surface area contributed by atoms with Gasteiger partial charge in [0, 0.05) is 23.9 Å². The molecule has 1 aliphatic rings. The maximum Gasteiger partial charge on any atom is 0.123 e. The Labute approximate surface area is 134 Å². The molecule has 1 heterocycles. The van der Waals surface area contributed by atoms with E-state index in [1.807, 2.05) is 6.92 Å². The van der Waals surface area contributed by atoms with E-state index in [2.05, 4.69) is 15.7 Å². The first kappa shape index (κ1) is 15.6. The second-order valence-electron chi connectivity index (χ2n) is 6.04. The van der Waals surface area contributed by atoms with Gasteiger partial charge in [0.15, 0.2) is 0 Å². The van der Waals surface area contributed by atoms with Crippen LogP contribution >= 0.6 is 11.3 Å². The van der Waals surface area contributed by atoms with Crippen LogP contribution < -0.4 is 5.32 Å². The van der Waals surface area contributed by atoms with Gasteiger partial charge in [-0.2, -0.15) is 0 Å². The van der Waals surface area contributed by atoms with Crippen molar-refractivity contribution in [2.24, 2.45) is 0 Å². The largest absolute Gasteiger partial charge is 0.388 e. The molecule has 1 aromatic heterocycles. The molecule has 2 aromatic rings. The number of hydrogen-bond donors (Lipinski definition) is 2. The van der Waals surface area contributed by atoms with Crippen molar-refractivity contribution in [3.63, 3.8) is 0 Å². The maximum absolute atomic E-state index is 12.9. The lowest BCUT2D eigenvalue weighted by atomic mass is 10.0. The highest BCUT2D eigenvalue weighted by molar-refractivity contribution is 7.09. The van der Waals surface area contributed by atoms with Gasteiger partial charge >= 0.3 is 0 Å². The van der Waals surface area contributed by atoms with Crippen LogP contribution in [0.3, 0.4) is 0 Å². The minimum Gasteiger partial charge on any atom is -0.388 e. The third-order valence-corrected chi connectivity index (χ3v) is 5.02. The fourth-order valence-electron chi connectivity index (χ4n) is 2.44. The van der Waals surface area contributed by atoms with Gasteiger partial charge in [-0.15, -0.1) is 11.3 Å². The molecule has 5 heteroatoms. The summed E-state index contributed by atoms with van der Waals surface area (Å²) in [5.74, 6) is 0.425. The third kappa shape index (κ3) is 4.12. The molecule has 3 rings (SSSR count). The number of nitrogens with zero attached hydrogens (tertiary/aromatic N) is 1. The average Bonchev–Trinajstić information content (AvgIpc) is 3.25. The molecule has 3 nitrogen and oxygen atoms in total.